The maximum Gasteiger partial charge on any atom is 0.334 e. The Bertz CT molecular complexity index is 115. The van der Waals surface area contributed by atoms with Crippen LogP contribution < -0.4 is 0 Å². The molecule has 1 aliphatic heterocycles. The second-order valence-corrected chi connectivity index (χ2v) is 6.48. The van der Waals surface area contributed by atoms with Crippen LogP contribution in [0.4, 0.5) is 0 Å². The lowest BCUT2D eigenvalue weighted by Gasteiger charge is -2.27. The summed E-state index contributed by atoms with van der Waals surface area (Å²) in [6, 6.07) is 0. The molecular formula is C7H16O2SSi. The molecule has 0 aliphatic carbocycles. The van der Waals surface area contributed by atoms with E-state index in [0.717, 1.165) is 19.6 Å². The van der Waals surface area contributed by atoms with E-state index < -0.39 is 9.28 Å². The molecule has 1 atom stereocenters. The average Bonchev–Trinajstić information content (AvgIpc) is 2.05. The van der Waals surface area contributed by atoms with E-state index in [1.54, 1.807) is 0 Å². The van der Waals surface area contributed by atoms with Gasteiger partial charge in [0.15, 0.2) is 0 Å². The van der Waals surface area contributed by atoms with Crippen molar-refractivity contribution in [2.45, 2.75) is 25.1 Å². The van der Waals surface area contributed by atoms with E-state index in [-0.39, 0.29) is 0 Å². The molecule has 1 rings (SSSR count). The molecule has 0 aromatic carbocycles. The maximum absolute atomic E-state index is 5.54. The van der Waals surface area contributed by atoms with E-state index in [1.807, 2.05) is 0 Å². The van der Waals surface area contributed by atoms with Crippen LogP contribution >= 0.6 is 12.6 Å². The monoisotopic (exact) mass is 192 g/mol. The number of thiol groups is 1. The summed E-state index contributed by atoms with van der Waals surface area (Å²) in [6.45, 7) is 6.07. The SMILES string of the molecule is CC(C)C(S)[SiH]1OCCCO1. The van der Waals surface area contributed by atoms with Crippen LogP contribution in [0.3, 0.4) is 0 Å². The molecule has 1 heterocycles. The van der Waals surface area contributed by atoms with Gasteiger partial charge in [0, 0.05) is 18.1 Å². The van der Waals surface area contributed by atoms with Crippen LogP contribution in [0.2, 0.25) is 0 Å². The van der Waals surface area contributed by atoms with Gasteiger partial charge in [-0.3, -0.25) is 0 Å². The van der Waals surface area contributed by atoms with E-state index >= 15 is 0 Å². The van der Waals surface area contributed by atoms with E-state index in [9.17, 15) is 0 Å². The summed E-state index contributed by atoms with van der Waals surface area (Å²) in [4.78, 5) is 0.343. The maximum atomic E-state index is 5.54. The van der Waals surface area contributed by atoms with Crippen LogP contribution in [0.1, 0.15) is 20.3 Å². The standard InChI is InChI=1S/C7H16O2SSi/c1-6(2)7(10)11-8-4-3-5-9-11/h6-7,10-11H,3-5H2,1-2H3. The third-order valence-electron chi connectivity index (χ3n) is 1.81. The minimum absolute atomic E-state index is 0.343. The Morgan fingerprint density at radius 3 is 2.27 bits per heavy atom. The molecule has 4 heteroatoms. The van der Waals surface area contributed by atoms with Gasteiger partial charge in [0.2, 0.25) is 0 Å². The molecule has 1 fully saturated rings. The first-order valence-electron chi connectivity index (χ1n) is 4.13. The average molecular weight is 192 g/mol. The molecule has 2 nitrogen and oxygen atoms in total. The number of hydrogen-bond donors (Lipinski definition) is 1. The molecule has 11 heavy (non-hydrogen) atoms. The van der Waals surface area contributed by atoms with E-state index in [0.29, 0.717) is 10.8 Å². The van der Waals surface area contributed by atoms with Gasteiger partial charge in [-0.1, -0.05) is 13.8 Å². The molecule has 1 aliphatic rings. The van der Waals surface area contributed by atoms with E-state index in [4.69, 9.17) is 8.85 Å². The first-order valence-corrected chi connectivity index (χ1v) is 6.25. The highest BCUT2D eigenvalue weighted by molar-refractivity contribution is 7.82. The zero-order valence-electron chi connectivity index (χ0n) is 7.12. The quantitative estimate of drug-likeness (QED) is 0.522. The summed E-state index contributed by atoms with van der Waals surface area (Å²) in [7, 11) is -1.41. The Hall–Kier alpha value is 0.487. The van der Waals surface area contributed by atoms with Gasteiger partial charge in [0.1, 0.15) is 0 Å². The fraction of sp³-hybridized carbons (Fsp3) is 1.00. The normalized spacial score (nSPS) is 24.0. The summed E-state index contributed by atoms with van der Waals surface area (Å²) < 4.78 is 11.1. The summed E-state index contributed by atoms with van der Waals surface area (Å²) in [5.74, 6) is 0.563. The molecular weight excluding hydrogens is 176 g/mol. The minimum Gasteiger partial charge on any atom is -0.396 e. The molecule has 0 N–H and O–H groups in total. The number of hydrogen-bond acceptors (Lipinski definition) is 3. The highest BCUT2D eigenvalue weighted by Gasteiger charge is 2.27. The molecule has 66 valence electrons. The van der Waals surface area contributed by atoms with Gasteiger partial charge in [-0.25, -0.2) is 0 Å². The van der Waals surface area contributed by atoms with Crippen molar-refractivity contribution in [1.29, 1.82) is 0 Å². The predicted molar refractivity (Wildman–Crippen MR) is 51.3 cm³/mol. The Kier molecular flexibility index (Phi) is 3.91. The Morgan fingerprint density at radius 2 is 1.82 bits per heavy atom. The molecule has 0 saturated carbocycles. The molecule has 0 amide bonds. The van der Waals surface area contributed by atoms with Crippen LogP contribution in [0.5, 0.6) is 0 Å². The smallest absolute Gasteiger partial charge is 0.334 e. The third-order valence-corrected chi connectivity index (χ3v) is 5.60. The fourth-order valence-corrected chi connectivity index (χ4v) is 3.45. The van der Waals surface area contributed by atoms with Gasteiger partial charge in [0.05, 0.1) is 0 Å². The van der Waals surface area contributed by atoms with Gasteiger partial charge in [0.25, 0.3) is 0 Å². The van der Waals surface area contributed by atoms with Crippen LogP contribution in [0, 0.1) is 5.92 Å². The topological polar surface area (TPSA) is 18.5 Å². The van der Waals surface area contributed by atoms with Gasteiger partial charge in [-0.15, -0.1) is 0 Å². The Balaban J connectivity index is 2.32. The molecule has 1 saturated heterocycles. The summed E-state index contributed by atoms with van der Waals surface area (Å²) >= 11 is 4.48. The van der Waals surface area contributed by atoms with Crippen LogP contribution in [0.15, 0.2) is 0 Å². The Morgan fingerprint density at radius 1 is 1.27 bits per heavy atom. The van der Waals surface area contributed by atoms with Crippen molar-refractivity contribution in [3.63, 3.8) is 0 Å². The van der Waals surface area contributed by atoms with Crippen molar-refractivity contribution in [3.05, 3.63) is 0 Å². The van der Waals surface area contributed by atoms with Gasteiger partial charge in [-0.2, -0.15) is 12.6 Å². The van der Waals surface area contributed by atoms with Crippen molar-refractivity contribution in [1.82, 2.24) is 0 Å². The molecule has 0 aromatic rings. The second-order valence-electron chi connectivity index (χ2n) is 3.20. The zero-order chi connectivity index (χ0) is 8.27. The summed E-state index contributed by atoms with van der Waals surface area (Å²) in [5, 5.41) is 0. The van der Waals surface area contributed by atoms with Gasteiger partial charge in [-0.05, 0) is 12.3 Å². The lowest BCUT2D eigenvalue weighted by Crippen LogP contribution is -2.40. The first kappa shape index (κ1) is 9.57. The Labute approximate surface area is 75.5 Å². The largest absolute Gasteiger partial charge is 0.396 e. The number of rotatable bonds is 2. The third kappa shape index (κ3) is 2.78. The lowest BCUT2D eigenvalue weighted by molar-refractivity contribution is 0.130. The second kappa shape index (κ2) is 4.50. The lowest BCUT2D eigenvalue weighted by atomic mass is 10.3. The van der Waals surface area contributed by atoms with Gasteiger partial charge >= 0.3 is 9.28 Å². The van der Waals surface area contributed by atoms with Crippen LogP contribution in [0.25, 0.3) is 0 Å². The summed E-state index contributed by atoms with van der Waals surface area (Å²) in [5.41, 5.74) is 0. The highest BCUT2D eigenvalue weighted by atomic mass is 32.1. The predicted octanol–water partition coefficient (Wildman–Crippen LogP) is 1.14. The van der Waals surface area contributed by atoms with Gasteiger partial charge < -0.3 is 8.85 Å². The van der Waals surface area contributed by atoms with Crippen molar-refractivity contribution in [2.24, 2.45) is 5.92 Å². The van der Waals surface area contributed by atoms with Crippen LogP contribution in [-0.2, 0) is 8.85 Å². The molecule has 1 unspecified atom stereocenters. The molecule has 0 aromatic heterocycles. The molecule has 0 radical (unpaired) electrons. The highest BCUT2D eigenvalue weighted by Crippen LogP contribution is 2.16. The van der Waals surface area contributed by atoms with Crippen molar-refractivity contribution in [3.8, 4) is 0 Å². The molecule has 0 bridgehead atoms. The van der Waals surface area contributed by atoms with Crippen LogP contribution in [-0.4, -0.2) is 27.4 Å². The fourth-order valence-electron chi connectivity index (χ4n) is 1.02. The summed E-state index contributed by atoms with van der Waals surface area (Å²) in [6.07, 6.45) is 1.04. The van der Waals surface area contributed by atoms with Crippen molar-refractivity contribution < 1.29 is 8.85 Å². The first-order chi connectivity index (χ1) is 5.22. The van der Waals surface area contributed by atoms with Crippen molar-refractivity contribution >= 4 is 21.9 Å². The van der Waals surface area contributed by atoms with Crippen molar-refractivity contribution in [2.75, 3.05) is 13.2 Å². The van der Waals surface area contributed by atoms with E-state index in [1.165, 1.54) is 0 Å². The minimum atomic E-state index is -1.41. The van der Waals surface area contributed by atoms with E-state index in [2.05, 4.69) is 26.5 Å². The molecule has 0 spiro atoms. The zero-order valence-corrected chi connectivity index (χ0v) is 9.17.